The SMILES string of the molecule is O=S(=O)(C1CC1)N1CCC2(CC1)OOC1(OO2)C2CCCC3CC1CC3C2. The Morgan fingerprint density at radius 2 is 1.44 bits per heavy atom. The van der Waals surface area contributed by atoms with Gasteiger partial charge in [-0.2, -0.15) is 19.6 Å². The van der Waals surface area contributed by atoms with E-state index in [-0.39, 0.29) is 5.25 Å². The van der Waals surface area contributed by atoms with Gasteiger partial charge < -0.3 is 0 Å². The van der Waals surface area contributed by atoms with Crippen LogP contribution in [0.4, 0.5) is 0 Å². The lowest BCUT2D eigenvalue weighted by molar-refractivity contribution is -0.675. The molecule has 3 bridgehead atoms. The lowest BCUT2D eigenvalue weighted by Gasteiger charge is -2.51. The average Bonchev–Trinajstić information content (AvgIpc) is 3.48. The largest absolute Gasteiger partial charge is 0.239 e. The van der Waals surface area contributed by atoms with Crippen LogP contribution in [0.2, 0.25) is 0 Å². The maximum Gasteiger partial charge on any atom is 0.239 e. The van der Waals surface area contributed by atoms with Crippen molar-refractivity contribution in [3.05, 3.63) is 0 Å². The maximum absolute atomic E-state index is 12.4. The quantitative estimate of drug-likeness (QED) is 0.665. The molecule has 6 rings (SSSR count). The molecule has 0 aromatic heterocycles. The molecule has 27 heavy (non-hydrogen) atoms. The zero-order valence-corrected chi connectivity index (χ0v) is 16.5. The first kappa shape index (κ1) is 17.6. The van der Waals surface area contributed by atoms with Crippen molar-refractivity contribution in [2.24, 2.45) is 23.7 Å². The van der Waals surface area contributed by atoms with E-state index in [0.29, 0.717) is 37.8 Å². The Balaban J connectivity index is 1.15. The van der Waals surface area contributed by atoms with Crippen molar-refractivity contribution in [2.75, 3.05) is 13.1 Å². The van der Waals surface area contributed by atoms with Crippen molar-refractivity contribution >= 4 is 10.0 Å². The van der Waals surface area contributed by atoms with Crippen molar-refractivity contribution in [1.82, 2.24) is 4.31 Å². The molecule has 4 saturated carbocycles. The Labute approximate surface area is 160 Å². The van der Waals surface area contributed by atoms with Crippen molar-refractivity contribution < 1.29 is 28.0 Å². The lowest BCUT2D eigenvalue weighted by Crippen LogP contribution is -2.61. The van der Waals surface area contributed by atoms with Gasteiger partial charge in [0.05, 0.1) is 5.25 Å². The normalized spacial score (nSPS) is 43.3. The van der Waals surface area contributed by atoms with Crippen LogP contribution in [0.25, 0.3) is 0 Å². The Morgan fingerprint density at radius 3 is 2.15 bits per heavy atom. The van der Waals surface area contributed by atoms with Crippen LogP contribution in [0.15, 0.2) is 0 Å². The molecular formula is C19H29NO6S. The molecule has 0 radical (unpaired) electrons. The molecule has 8 heteroatoms. The molecule has 2 heterocycles. The third-order valence-corrected chi connectivity index (χ3v) is 10.5. The molecule has 2 aliphatic heterocycles. The fraction of sp³-hybridized carbons (Fsp3) is 1.00. The smallest absolute Gasteiger partial charge is 0.212 e. The van der Waals surface area contributed by atoms with Crippen LogP contribution in [-0.2, 0) is 29.6 Å². The molecule has 6 aliphatic rings. The highest BCUT2D eigenvalue weighted by molar-refractivity contribution is 7.90. The van der Waals surface area contributed by atoms with Gasteiger partial charge in [-0.25, -0.2) is 12.7 Å². The van der Waals surface area contributed by atoms with Crippen molar-refractivity contribution in [1.29, 1.82) is 0 Å². The fourth-order valence-corrected chi connectivity index (χ4v) is 8.24. The zero-order chi connectivity index (χ0) is 18.3. The summed E-state index contributed by atoms with van der Waals surface area (Å²) in [4.78, 5) is 24.0. The standard InChI is InChI=1S/C19H29NO6S/c21-27(22,17-4-5-17)20-8-6-18(7-9-20)23-25-19(26-24-18)15-3-1-2-13-10-16(19)12-14(13)11-15/h13-17H,1-12H2. The number of hydrogen-bond donors (Lipinski definition) is 0. The van der Waals surface area contributed by atoms with Gasteiger partial charge in [0, 0.05) is 37.8 Å². The number of sulfonamides is 1. The molecular weight excluding hydrogens is 370 g/mol. The molecule has 2 saturated heterocycles. The molecule has 0 N–H and O–H groups in total. The highest BCUT2D eigenvalue weighted by atomic mass is 32.2. The minimum atomic E-state index is -3.15. The molecule has 152 valence electrons. The second kappa shape index (κ2) is 5.89. The molecule has 4 unspecified atom stereocenters. The van der Waals surface area contributed by atoms with Gasteiger partial charge in [0.2, 0.25) is 21.6 Å². The summed E-state index contributed by atoms with van der Waals surface area (Å²) in [5.41, 5.74) is 0. The molecule has 2 spiro atoms. The predicted molar refractivity (Wildman–Crippen MR) is 94.2 cm³/mol. The van der Waals surface area contributed by atoms with E-state index in [9.17, 15) is 8.42 Å². The molecule has 4 aliphatic carbocycles. The van der Waals surface area contributed by atoms with E-state index in [1.54, 1.807) is 4.31 Å². The molecule has 0 aromatic carbocycles. The van der Waals surface area contributed by atoms with E-state index in [1.165, 1.54) is 12.8 Å². The number of piperidine rings is 1. The Hall–Kier alpha value is -0.250. The maximum atomic E-state index is 12.4. The highest BCUT2D eigenvalue weighted by Crippen LogP contribution is 2.61. The topological polar surface area (TPSA) is 74.3 Å². The average molecular weight is 400 g/mol. The lowest BCUT2D eigenvalue weighted by atomic mass is 9.74. The van der Waals surface area contributed by atoms with Crippen LogP contribution >= 0.6 is 0 Å². The minimum Gasteiger partial charge on any atom is -0.212 e. The molecule has 6 fully saturated rings. The first-order chi connectivity index (χ1) is 13.0. The third kappa shape index (κ3) is 2.60. The summed E-state index contributed by atoms with van der Waals surface area (Å²) in [6.45, 7) is 0.797. The summed E-state index contributed by atoms with van der Waals surface area (Å²) in [5.74, 6) is 0.574. The van der Waals surface area contributed by atoms with E-state index in [4.69, 9.17) is 19.6 Å². The second-order valence-corrected chi connectivity index (χ2v) is 11.9. The van der Waals surface area contributed by atoms with Gasteiger partial charge in [-0.3, -0.25) is 0 Å². The minimum absolute atomic E-state index is 0.174. The Bertz CT molecular complexity index is 704. The van der Waals surface area contributed by atoms with Gasteiger partial charge in [0.1, 0.15) is 0 Å². The van der Waals surface area contributed by atoms with Crippen molar-refractivity contribution in [3.8, 4) is 0 Å². The molecule has 0 aromatic rings. The third-order valence-electron chi connectivity index (χ3n) is 8.13. The molecule has 7 nitrogen and oxygen atoms in total. The van der Waals surface area contributed by atoms with Crippen molar-refractivity contribution in [2.45, 2.75) is 81.0 Å². The summed E-state index contributed by atoms with van der Waals surface area (Å²) >= 11 is 0. The van der Waals surface area contributed by atoms with Crippen LogP contribution in [0.5, 0.6) is 0 Å². The van der Waals surface area contributed by atoms with Crippen LogP contribution in [-0.4, -0.2) is 42.6 Å². The first-order valence-electron chi connectivity index (χ1n) is 10.7. The number of rotatable bonds is 2. The fourth-order valence-electron chi connectivity index (χ4n) is 6.40. The summed E-state index contributed by atoms with van der Waals surface area (Å²) in [6.07, 6.45) is 9.57. The van der Waals surface area contributed by atoms with Gasteiger partial charge in [0.25, 0.3) is 0 Å². The van der Waals surface area contributed by atoms with E-state index in [0.717, 1.165) is 50.4 Å². The highest BCUT2D eigenvalue weighted by Gasteiger charge is 2.64. The first-order valence-corrected chi connectivity index (χ1v) is 12.2. The Kier molecular flexibility index (Phi) is 3.84. The van der Waals surface area contributed by atoms with Gasteiger partial charge in [0.15, 0.2) is 0 Å². The van der Waals surface area contributed by atoms with E-state index in [2.05, 4.69) is 0 Å². The number of nitrogens with zero attached hydrogens (tertiary/aromatic N) is 1. The van der Waals surface area contributed by atoms with Crippen LogP contribution in [0, 0.1) is 23.7 Å². The van der Waals surface area contributed by atoms with Crippen LogP contribution < -0.4 is 0 Å². The van der Waals surface area contributed by atoms with Crippen LogP contribution in [0.3, 0.4) is 0 Å². The van der Waals surface area contributed by atoms with Gasteiger partial charge >= 0.3 is 0 Å². The summed E-state index contributed by atoms with van der Waals surface area (Å²) in [6, 6.07) is 0. The van der Waals surface area contributed by atoms with Gasteiger partial charge in [-0.15, -0.1) is 0 Å². The molecule has 4 atom stereocenters. The van der Waals surface area contributed by atoms with E-state index >= 15 is 0 Å². The van der Waals surface area contributed by atoms with Crippen molar-refractivity contribution in [3.63, 3.8) is 0 Å². The van der Waals surface area contributed by atoms with Crippen LogP contribution in [0.1, 0.15) is 64.2 Å². The second-order valence-electron chi connectivity index (χ2n) is 9.66. The predicted octanol–water partition coefficient (Wildman–Crippen LogP) is 2.72. The Morgan fingerprint density at radius 1 is 0.778 bits per heavy atom. The monoisotopic (exact) mass is 399 g/mol. The van der Waals surface area contributed by atoms with E-state index < -0.39 is 21.6 Å². The number of fused-ring (bicyclic) bond motifs is 4. The summed E-state index contributed by atoms with van der Waals surface area (Å²) in [5, 5.41) is -0.174. The molecule has 0 amide bonds. The zero-order valence-electron chi connectivity index (χ0n) is 15.7. The van der Waals surface area contributed by atoms with E-state index in [1.807, 2.05) is 0 Å². The van der Waals surface area contributed by atoms with Gasteiger partial charge in [-0.1, -0.05) is 12.8 Å². The number of hydrogen-bond acceptors (Lipinski definition) is 6. The summed E-state index contributed by atoms with van der Waals surface area (Å²) in [7, 11) is -3.15. The van der Waals surface area contributed by atoms with Gasteiger partial charge in [-0.05, 0) is 50.4 Å². The summed E-state index contributed by atoms with van der Waals surface area (Å²) < 4.78 is 26.5.